The number of pyridine rings is 1. The van der Waals surface area contributed by atoms with Crippen LogP contribution in [-0.2, 0) is 51.9 Å². The highest BCUT2D eigenvalue weighted by molar-refractivity contribution is 7.90. The minimum absolute atomic E-state index is 0.0268. The summed E-state index contributed by atoms with van der Waals surface area (Å²) in [5, 5.41) is 20.3. The molecule has 3 atom stereocenters. The van der Waals surface area contributed by atoms with Crippen LogP contribution in [-0.4, -0.2) is 78.9 Å². The van der Waals surface area contributed by atoms with Crippen molar-refractivity contribution in [3.8, 4) is 5.75 Å². The summed E-state index contributed by atoms with van der Waals surface area (Å²) in [7, 11) is -4.30. The van der Waals surface area contributed by atoms with Gasteiger partial charge < -0.3 is 41.0 Å². The molecule has 3 aromatic carbocycles. The molecule has 7 N–H and O–H groups in total. The maximum absolute atomic E-state index is 13.5. The van der Waals surface area contributed by atoms with Crippen molar-refractivity contribution in [3.63, 3.8) is 0 Å². The first-order chi connectivity index (χ1) is 26.3. The third-order valence-electron chi connectivity index (χ3n) is 7.53. The van der Waals surface area contributed by atoms with Crippen LogP contribution in [0.3, 0.4) is 0 Å². The van der Waals surface area contributed by atoms with Gasteiger partial charge in [0.05, 0.1) is 36.4 Å². The standard InChI is InChI=1S/C37H38N6O11S/c38-32(44)20-27(17-18-55(51,52)54-28-12-5-2-6-13-28)41-33(45)22-39-35(48)30(19-26-16-15-25-11-7-8-14-29(25)40-26)42-36(49)31(21-34(46)47)43-37(50)53-23-24-9-3-1-4-10-24/h1-18,27,30-31H,19-23H2,(H2,38,44)(H,39,48)(H,41,45)(H,42,49)(H,43,50)(H,46,47)/b18-17+/t27?,30?,31-/m0/s1. The van der Waals surface area contributed by atoms with Gasteiger partial charge in [0.15, 0.2) is 0 Å². The van der Waals surface area contributed by atoms with Crippen molar-refractivity contribution in [1.82, 2.24) is 26.3 Å². The van der Waals surface area contributed by atoms with Crippen LogP contribution in [0.2, 0.25) is 0 Å². The average Bonchev–Trinajstić information content (AvgIpc) is 3.15. The fraction of sp³-hybridized carbons (Fsp3) is 0.216. The number of carboxylic acids is 1. The normalized spacial score (nSPS) is 12.8. The molecule has 0 saturated carbocycles. The van der Waals surface area contributed by atoms with Crippen molar-refractivity contribution in [1.29, 1.82) is 0 Å². The molecular formula is C37H38N6O11S. The Kier molecular flexibility index (Phi) is 14.8. The van der Waals surface area contributed by atoms with Gasteiger partial charge in [-0.2, -0.15) is 8.42 Å². The van der Waals surface area contributed by atoms with Crippen molar-refractivity contribution in [2.24, 2.45) is 5.73 Å². The number of hydrogen-bond donors (Lipinski definition) is 6. The molecule has 0 aliphatic heterocycles. The SMILES string of the molecule is NC(=O)CC(/C=C/S(=O)(=O)Oc1ccccc1)NC(=O)CNC(=O)C(Cc1ccc2ccccc2n1)NC(=O)[C@H](CC(=O)O)NC(=O)OCc1ccccc1. The summed E-state index contributed by atoms with van der Waals surface area (Å²) in [5.74, 6) is -5.10. The Labute approximate surface area is 315 Å². The Bertz CT molecular complexity index is 2130. The van der Waals surface area contributed by atoms with Crippen molar-refractivity contribution >= 4 is 56.7 Å². The van der Waals surface area contributed by atoms with Crippen LogP contribution in [0.15, 0.2) is 109 Å². The van der Waals surface area contributed by atoms with E-state index >= 15 is 0 Å². The predicted octanol–water partition coefficient (Wildman–Crippen LogP) is 1.43. The maximum atomic E-state index is 13.5. The van der Waals surface area contributed by atoms with Crippen LogP contribution < -0.4 is 31.2 Å². The first-order valence-electron chi connectivity index (χ1n) is 16.6. The number of primary amides is 1. The van der Waals surface area contributed by atoms with Gasteiger partial charge in [-0.1, -0.05) is 72.8 Å². The second kappa shape index (κ2) is 19.9. The fourth-order valence-corrected chi connectivity index (χ4v) is 5.78. The van der Waals surface area contributed by atoms with E-state index in [2.05, 4.69) is 26.3 Å². The number of fused-ring (bicyclic) bond motifs is 1. The second-order valence-electron chi connectivity index (χ2n) is 11.9. The van der Waals surface area contributed by atoms with Gasteiger partial charge in [0.25, 0.3) is 0 Å². The number of rotatable bonds is 19. The van der Waals surface area contributed by atoms with Gasteiger partial charge in [-0.15, -0.1) is 0 Å². The number of aliphatic carboxylic acids is 1. The van der Waals surface area contributed by atoms with Gasteiger partial charge in [0, 0.05) is 17.5 Å². The molecule has 288 valence electrons. The molecule has 4 aromatic rings. The summed E-state index contributed by atoms with van der Waals surface area (Å²) in [6.07, 6.45) is -1.70. The van der Waals surface area contributed by atoms with Crippen LogP contribution in [0.4, 0.5) is 4.79 Å². The van der Waals surface area contributed by atoms with Crippen molar-refractivity contribution in [3.05, 3.63) is 120 Å². The predicted molar refractivity (Wildman–Crippen MR) is 197 cm³/mol. The van der Waals surface area contributed by atoms with Crippen molar-refractivity contribution in [2.45, 2.75) is 44.0 Å². The number of aromatic nitrogens is 1. The number of para-hydroxylation sites is 2. The number of benzene rings is 3. The van der Waals surface area contributed by atoms with Crippen LogP contribution in [0, 0.1) is 0 Å². The Morgan fingerprint density at radius 2 is 1.45 bits per heavy atom. The number of hydrogen-bond acceptors (Lipinski definition) is 11. The molecule has 0 spiro atoms. The van der Waals surface area contributed by atoms with Crippen molar-refractivity contribution < 1.29 is 51.2 Å². The van der Waals surface area contributed by atoms with E-state index in [4.69, 9.17) is 14.7 Å². The zero-order chi connectivity index (χ0) is 39.8. The Morgan fingerprint density at radius 3 is 2.15 bits per heavy atom. The summed E-state index contributed by atoms with van der Waals surface area (Å²) in [6.45, 7) is -0.877. The van der Waals surface area contributed by atoms with Gasteiger partial charge in [0.1, 0.15) is 24.4 Å². The summed E-state index contributed by atoms with van der Waals surface area (Å²) < 4.78 is 35.0. The number of carbonyl (C=O) groups excluding carboxylic acids is 5. The molecule has 0 saturated heterocycles. The fourth-order valence-electron chi connectivity index (χ4n) is 4.96. The first-order valence-corrected chi connectivity index (χ1v) is 18.1. The number of ether oxygens (including phenoxy) is 1. The number of alkyl carbamates (subject to hydrolysis) is 1. The number of carbonyl (C=O) groups is 6. The van der Waals surface area contributed by atoms with E-state index < -0.39 is 83.3 Å². The van der Waals surface area contributed by atoms with E-state index in [0.29, 0.717) is 22.2 Å². The summed E-state index contributed by atoms with van der Waals surface area (Å²) in [4.78, 5) is 80.3. The molecule has 1 aromatic heterocycles. The van der Waals surface area contributed by atoms with Crippen LogP contribution in [0.25, 0.3) is 10.9 Å². The Morgan fingerprint density at radius 1 is 0.782 bits per heavy atom. The molecule has 0 radical (unpaired) electrons. The quantitative estimate of drug-likeness (QED) is 0.0740. The lowest BCUT2D eigenvalue weighted by Crippen LogP contribution is -2.56. The zero-order valence-corrected chi connectivity index (χ0v) is 29.9. The molecule has 0 aliphatic carbocycles. The van der Waals surface area contributed by atoms with Crippen LogP contribution in [0.5, 0.6) is 5.75 Å². The third-order valence-corrected chi connectivity index (χ3v) is 8.44. The average molecular weight is 775 g/mol. The minimum atomic E-state index is -4.30. The highest BCUT2D eigenvalue weighted by Crippen LogP contribution is 2.14. The first kappa shape index (κ1) is 40.9. The molecule has 5 amide bonds. The number of amides is 5. The van der Waals surface area contributed by atoms with E-state index in [1.807, 2.05) is 12.1 Å². The number of nitrogens with one attached hydrogen (secondary N) is 4. The van der Waals surface area contributed by atoms with Gasteiger partial charge in [0.2, 0.25) is 23.6 Å². The molecule has 0 aliphatic rings. The molecule has 2 unspecified atom stereocenters. The van der Waals surface area contributed by atoms with Crippen LogP contribution in [0.1, 0.15) is 24.1 Å². The largest absolute Gasteiger partial charge is 0.481 e. The van der Waals surface area contributed by atoms with E-state index in [1.54, 1.807) is 72.8 Å². The molecular weight excluding hydrogens is 737 g/mol. The monoisotopic (exact) mass is 774 g/mol. The molecule has 55 heavy (non-hydrogen) atoms. The lowest BCUT2D eigenvalue weighted by atomic mass is 10.1. The van der Waals surface area contributed by atoms with Crippen molar-refractivity contribution in [2.75, 3.05) is 6.54 Å². The summed E-state index contributed by atoms with van der Waals surface area (Å²) in [5.41, 5.74) is 6.85. The summed E-state index contributed by atoms with van der Waals surface area (Å²) in [6, 6.07) is 22.3. The lowest BCUT2D eigenvalue weighted by molar-refractivity contribution is -0.140. The molecule has 0 fully saturated rings. The van der Waals surface area contributed by atoms with E-state index in [1.165, 1.54) is 12.1 Å². The van der Waals surface area contributed by atoms with E-state index in [0.717, 1.165) is 11.5 Å². The lowest BCUT2D eigenvalue weighted by Gasteiger charge is -2.22. The topological polar surface area (TPSA) is 262 Å². The molecule has 18 heteroatoms. The number of carboxylic acid groups (broad SMARTS) is 1. The zero-order valence-electron chi connectivity index (χ0n) is 29.1. The minimum Gasteiger partial charge on any atom is -0.481 e. The number of nitrogens with zero attached hydrogens (tertiary/aromatic N) is 1. The Balaban J connectivity index is 1.46. The smallest absolute Gasteiger partial charge is 0.408 e. The maximum Gasteiger partial charge on any atom is 0.408 e. The third kappa shape index (κ3) is 14.3. The second-order valence-corrected chi connectivity index (χ2v) is 13.3. The molecule has 4 rings (SSSR count). The number of nitrogens with two attached hydrogens (primary N) is 1. The van der Waals surface area contributed by atoms with E-state index in [9.17, 15) is 42.3 Å². The highest BCUT2D eigenvalue weighted by atomic mass is 32.2. The van der Waals surface area contributed by atoms with E-state index in [-0.39, 0.29) is 18.8 Å². The van der Waals surface area contributed by atoms with Gasteiger partial charge in [-0.3, -0.25) is 29.0 Å². The highest BCUT2D eigenvalue weighted by Gasteiger charge is 2.30. The van der Waals surface area contributed by atoms with Crippen LogP contribution >= 0.6 is 0 Å². The molecule has 1 heterocycles. The molecule has 0 bridgehead atoms. The van der Waals surface area contributed by atoms with Gasteiger partial charge >= 0.3 is 22.2 Å². The Hall–Kier alpha value is -6.82. The molecule has 17 nitrogen and oxygen atoms in total. The van der Waals surface area contributed by atoms with Gasteiger partial charge in [-0.25, -0.2) is 4.79 Å². The van der Waals surface area contributed by atoms with Gasteiger partial charge in [-0.05, 0) is 35.9 Å². The summed E-state index contributed by atoms with van der Waals surface area (Å²) >= 11 is 0.